The van der Waals surface area contributed by atoms with Gasteiger partial charge in [-0.15, -0.1) is 0 Å². The van der Waals surface area contributed by atoms with Crippen LogP contribution in [0.25, 0.3) is 0 Å². The Bertz CT molecular complexity index is 405. The summed E-state index contributed by atoms with van der Waals surface area (Å²) in [6.45, 7) is 6.24. The second-order valence-electron chi connectivity index (χ2n) is 7.02. The summed E-state index contributed by atoms with van der Waals surface area (Å²) in [5, 5.41) is 13.5. The molecule has 1 saturated carbocycles. The molecule has 3 heteroatoms. The van der Waals surface area contributed by atoms with Crippen molar-refractivity contribution in [1.82, 2.24) is 5.32 Å². The molecule has 1 fully saturated rings. The quantitative estimate of drug-likeness (QED) is 0.811. The molecule has 1 aromatic rings. The standard InChI is InChI=1S/C18H29NO2/c1-18(2)10-6-9-16(11-18)19-12-17(20)14-21-13-15-7-4-3-5-8-15/h3-5,7-8,16-17,19-20H,6,9-14H2,1-2H3. The lowest BCUT2D eigenvalue weighted by Gasteiger charge is -2.36. The number of hydrogen-bond donors (Lipinski definition) is 2. The van der Waals surface area contributed by atoms with Gasteiger partial charge in [-0.2, -0.15) is 0 Å². The normalized spacial score (nSPS) is 22.9. The van der Waals surface area contributed by atoms with Crippen LogP contribution in [0.5, 0.6) is 0 Å². The molecule has 1 aliphatic carbocycles. The Balaban J connectivity index is 1.60. The first-order chi connectivity index (χ1) is 10.1. The van der Waals surface area contributed by atoms with Crippen LogP contribution < -0.4 is 5.32 Å². The summed E-state index contributed by atoms with van der Waals surface area (Å²) in [7, 11) is 0. The zero-order valence-electron chi connectivity index (χ0n) is 13.3. The summed E-state index contributed by atoms with van der Waals surface area (Å²) in [5.41, 5.74) is 1.58. The molecular formula is C18H29NO2. The molecule has 0 spiro atoms. The van der Waals surface area contributed by atoms with E-state index in [0.717, 1.165) is 5.56 Å². The lowest BCUT2D eigenvalue weighted by Crippen LogP contribution is -2.41. The van der Waals surface area contributed by atoms with Gasteiger partial charge in [0.1, 0.15) is 0 Å². The fourth-order valence-electron chi connectivity index (χ4n) is 3.12. The van der Waals surface area contributed by atoms with E-state index in [-0.39, 0.29) is 0 Å². The van der Waals surface area contributed by atoms with Gasteiger partial charge in [-0.1, -0.05) is 50.6 Å². The van der Waals surface area contributed by atoms with Crippen LogP contribution >= 0.6 is 0 Å². The highest BCUT2D eigenvalue weighted by Gasteiger charge is 2.27. The third-order valence-electron chi connectivity index (χ3n) is 4.27. The minimum absolute atomic E-state index is 0.387. The van der Waals surface area contributed by atoms with Gasteiger partial charge in [-0.25, -0.2) is 0 Å². The zero-order valence-corrected chi connectivity index (χ0v) is 13.3. The maximum Gasteiger partial charge on any atom is 0.0897 e. The molecular weight excluding hydrogens is 262 g/mol. The lowest BCUT2D eigenvalue weighted by molar-refractivity contribution is 0.0258. The van der Waals surface area contributed by atoms with Gasteiger partial charge in [0, 0.05) is 12.6 Å². The Labute approximate surface area is 128 Å². The van der Waals surface area contributed by atoms with E-state index in [9.17, 15) is 5.11 Å². The third-order valence-corrected chi connectivity index (χ3v) is 4.27. The van der Waals surface area contributed by atoms with Crippen molar-refractivity contribution in [3.05, 3.63) is 35.9 Å². The number of ether oxygens (including phenoxy) is 1. The molecule has 3 nitrogen and oxygen atoms in total. The monoisotopic (exact) mass is 291 g/mol. The van der Waals surface area contributed by atoms with E-state index in [4.69, 9.17) is 4.74 Å². The zero-order chi connectivity index (χ0) is 15.1. The summed E-state index contributed by atoms with van der Waals surface area (Å²) in [5.74, 6) is 0. The van der Waals surface area contributed by atoms with Crippen LogP contribution in [0.15, 0.2) is 30.3 Å². The molecule has 21 heavy (non-hydrogen) atoms. The van der Waals surface area contributed by atoms with Crippen LogP contribution in [0.1, 0.15) is 45.1 Å². The van der Waals surface area contributed by atoms with Gasteiger partial charge in [-0.3, -0.25) is 0 Å². The number of hydrogen-bond acceptors (Lipinski definition) is 3. The van der Waals surface area contributed by atoms with Crippen LogP contribution in [0, 0.1) is 5.41 Å². The SMILES string of the molecule is CC1(C)CCCC(NCC(O)COCc2ccccc2)C1. The fraction of sp³-hybridized carbons (Fsp3) is 0.667. The third kappa shape index (κ3) is 6.16. The van der Waals surface area contributed by atoms with E-state index in [1.54, 1.807) is 0 Å². The van der Waals surface area contributed by atoms with E-state index in [2.05, 4.69) is 19.2 Å². The second kappa shape index (κ2) is 7.92. The number of rotatable bonds is 7. The molecule has 2 rings (SSSR count). The van der Waals surface area contributed by atoms with Gasteiger partial charge in [0.15, 0.2) is 0 Å². The molecule has 2 unspecified atom stereocenters. The predicted octanol–water partition coefficient (Wildman–Crippen LogP) is 3.12. The predicted molar refractivity (Wildman–Crippen MR) is 86.1 cm³/mol. The van der Waals surface area contributed by atoms with Gasteiger partial charge < -0.3 is 15.2 Å². The molecule has 2 atom stereocenters. The highest BCUT2D eigenvalue weighted by Crippen LogP contribution is 2.34. The molecule has 0 aromatic heterocycles. The minimum Gasteiger partial charge on any atom is -0.389 e. The summed E-state index contributed by atoms with van der Waals surface area (Å²) >= 11 is 0. The molecule has 1 aliphatic rings. The highest BCUT2D eigenvalue weighted by atomic mass is 16.5. The van der Waals surface area contributed by atoms with Crippen molar-refractivity contribution in [1.29, 1.82) is 0 Å². The summed E-state index contributed by atoms with van der Waals surface area (Å²) in [6.07, 6.45) is 4.59. The van der Waals surface area contributed by atoms with Crippen LogP contribution in [0.4, 0.5) is 0 Å². The Hall–Kier alpha value is -0.900. The van der Waals surface area contributed by atoms with Gasteiger partial charge in [0.05, 0.1) is 19.3 Å². The summed E-state index contributed by atoms with van der Waals surface area (Å²) < 4.78 is 5.57. The first kappa shape index (κ1) is 16.5. The largest absolute Gasteiger partial charge is 0.389 e. The van der Waals surface area contributed by atoms with Crippen molar-refractivity contribution in [3.8, 4) is 0 Å². The minimum atomic E-state index is -0.432. The van der Waals surface area contributed by atoms with Gasteiger partial charge in [0.25, 0.3) is 0 Å². The fourth-order valence-corrected chi connectivity index (χ4v) is 3.12. The highest BCUT2D eigenvalue weighted by molar-refractivity contribution is 5.13. The second-order valence-corrected chi connectivity index (χ2v) is 7.02. The van der Waals surface area contributed by atoms with Gasteiger partial charge in [0.2, 0.25) is 0 Å². The molecule has 0 amide bonds. The number of aliphatic hydroxyl groups excluding tert-OH is 1. The van der Waals surface area contributed by atoms with Gasteiger partial charge >= 0.3 is 0 Å². The molecule has 0 bridgehead atoms. The van der Waals surface area contributed by atoms with Crippen LogP contribution in [0.2, 0.25) is 0 Å². The Morgan fingerprint density at radius 2 is 2.10 bits per heavy atom. The Morgan fingerprint density at radius 1 is 1.33 bits per heavy atom. The van der Waals surface area contributed by atoms with Crippen LogP contribution in [0.3, 0.4) is 0 Å². The molecule has 1 aromatic carbocycles. The molecule has 0 aliphatic heterocycles. The summed E-state index contributed by atoms with van der Waals surface area (Å²) in [4.78, 5) is 0. The van der Waals surface area contributed by atoms with Crippen molar-refractivity contribution >= 4 is 0 Å². The Kier molecular flexibility index (Phi) is 6.22. The maximum atomic E-state index is 10.0. The van der Waals surface area contributed by atoms with E-state index < -0.39 is 6.10 Å². The smallest absolute Gasteiger partial charge is 0.0897 e. The van der Waals surface area contributed by atoms with E-state index in [0.29, 0.717) is 31.2 Å². The number of aliphatic hydroxyl groups is 1. The maximum absolute atomic E-state index is 10.0. The molecule has 0 radical (unpaired) electrons. The first-order valence-corrected chi connectivity index (χ1v) is 8.08. The average molecular weight is 291 g/mol. The lowest BCUT2D eigenvalue weighted by atomic mass is 9.75. The van der Waals surface area contributed by atoms with Gasteiger partial charge in [-0.05, 0) is 30.2 Å². The van der Waals surface area contributed by atoms with Crippen molar-refractivity contribution in [2.75, 3.05) is 13.2 Å². The molecule has 0 heterocycles. The van der Waals surface area contributed by atoms with E-state index in [1.807, 2.05) is 30.3 Å². The number of benzene rings is 1. The molecule has 118 valence electrons. The van der Waals surface area contributed by atoms with Crippen molar-refractivity contribution < 1.29 is 9.84 Å². The number of nitrogens with one attached hydrogen (secondary N) is 1. The van der Waals surface area contributed by atoms with Crippen molar-refractivity contribution in [2.24, 2.45) is 5.41 Å². The Morgan fingerprint density at radius 3 is 2.81 bits per heavy atom. The topological polar surface area (TPSA) is 41.5 Å². The van der Waals surface area contributed by atoms with Crippen LogP contribution in [-0.4, -0.2) is 30.4 Å². The molecule has 2 N–H and O–H groups in total. The molecule has 0 saturated heterocycles. The average Bonchev–Trinajstić information content (AvgIpc) is 2.45. The van der Waals surface area contributed by atoms with Crippen LogP contribution in [-0.2, 0) is 11.3 Å². The van der Waals surface area contributed by atoms with E-state index in [1.165, 1.54) is 25.7 Å². The summed E-state index contributed by atoms with van der Waals surface area (Å²) in [6, 6.07) is 10.6. The van der Waals surface area contributed by atoms with Crippen molar-refractivity contribution in [2.45, 2.75) is 58.3 Å². The van der Waals surface area contributed by atoms with E-state index >= 15 is 0 Å². The first-order valence-electron chi connectivity index (χ1n) is 8.08. The van der Waals surface area contributed by atoms with Crippen molar-refractivity contribution in [3.63, 3.8) is 0 Å².